The molecule has 1 aliphatic heterocycles. The van der Waals surface area contributed by atoms with Gasteiger partial charge in [-0.2, -0.15) is 0 Å². The van der Waals surface area contributed by atoms with E-state index in [-0.39, 0.29) is 11.9 Å². The summed E-state index contributed by atoms with van der Waals surface area (Å²) in [6.45, 7) is 1.75. The molecule has 0 radical (unpaired) electrons. The third kappa shape index (κ3) is 4.22. The summed E-state index contributed by atoms with van der Waals surface area (Å²) >= 11 is 1.72. The van der Waals surface area contributed by atoms with Crippen molar-refractivity contribution in [3.8, 4) is 0 Å². The van der Waals surface area contributed by atoms with Crippen LogP contribution in [0.25, 0.3) is 0 Å². The van der Waals surface area contributed by atoms with Crippen molar-refractivity contribution in [3.05, 3.63) is 52.0 Å². The Morgan fingerprint density at radius 3 is 2.92 bits per heavy atom. The maximum absolute atomic E-state index is 12.6. The Morgan fingerprint density at radius 2 is 2.25 bits per heavy atom. The van der Waals surface area contributed by atoms with Gasteiger partial charge in [0, 0.05) is 30.6 Å². The van der Waals surface area contributed by atoms with Crippen molar-refractivity contribution in [1.29, 1.82) is 0 Å². The van der Waals surface area contributed by atoms with E-state index >= 15 is 0 Å². The SMILES string of the molecule is CN(C)Cc1ccc([C@H]2CCCN2C(=O)CCc2cccs2)nc1. The second kappa shape index (κ2) is 7.90. The second-order valence-electron chi connectivity index (χ2n) is 6.65. The Morgan fingerprint density at radius 1 is 1.38 bits per heavy atom. The fourth-order valence-corrected chi connectivity index (χ4v) is 4.00. The van der Waals surface area contributed by atoms with Crippen molar-refractivity contribution >= 4 is 17.2 Å². The topological polar surface area (TPSA) is 36.4 Å². The fourth-order valence-electron chi connectivity index (χ4n) is 3.29. The van der Waals surface area contributed by atoms with Crippen LogP contribution in [0, 0.1) is 0 Å². The van der Waals surface area contributed by atoms with Crippen molar-refractivity contribution in [3.63, 3.8) is 0 Å². The van der Waals surface area contributed by atoms with Crippen LogP contribution in [0.1, 0.15) is 41.4 Å². The molecule has 1 saturated heterocycles. The smallest absolute Gasteiger partial charge is 0.223 e. The van der Waals surface area contributed by atoms with E-state index in [1.165, 1.54) is 10.4 Å². The van der Waals surface area contributed by atoms with Crippen LogP contribution in [0.15, 0.2) is 35.8 Å². The molecule has 0 unspecified atom stereocenters. The summed E-state index contributed by atoms with van der Waals surface area (Å²) in [4.78, 5) is 22.7. The number of hydrogen-bond donors (Lipinski definition) is 0. The van der Waals surface area contributed by atoms with Crippen LogP contribution in [-0.2, 0) is 17.8 Å². The van der Waals surface area contributed by atoms with E-state index < -0.39 is 0 Å². The highest BCUT2D eigenvalue weighted by Gasteiger charge is 2.30. The maximum Gasteiger partial charge on any atom is 0.223 e. The van der Waals surface area contributed by atoms with Crippen LogP contribution < -0.4 is 0 Å². The molecule has 0 N–H and O–H groups in total. The Balaban J connectivity index is 1.62. The lowest BCUT2D eigenvalue weighted by Gasteiger charge is -2.24. The molecule has 5 heteroatoms. The third-order valence-electron chi connectivity index (χ3n) is 4.43. The summed E-state index contributed by atoms with van der Waals surface area (Å²) in [5.74, 6) is 0.255. The van der Waals surface area contributed by atoms with E-state index in [0.29, 0.717) is 6.42 Å². The summed E-state index contributed by atoms with van der Waals surface area (Å²) in [5, 5.41) is 2.07. The highest BCUT2D eigenvalue weighted by molar-refractivity contribution is 7.09. The monoisotopic (exact) mass is 343 g/mol. The molecule has 128 valence electrons. The minimum atomic E-state index is 0.147. The third-order valence-corrected chi connectivity index (χ3v) is 5.36. The van der Waals surface area contributed by atoms with Crippen LogP contribution in [-0.4, -0.2) is 41.3 Å². The average Bonchev–Trinajstić information content (AvgIpc) is 3.24. The number of rotatable bonds is 6. The van der Waals surface area contributed by atoms with Crippen LogP contribution in [0.4, 0.5) is 0 Å². The quantitative estimate of drug-likeness (QED) is 0.805. The van der Waals surface area contributed by atoms with Gasteiger partial charge in [0.25, 0.3) is 0 Å². The van der Waals surface area contributed by atoms with E-state index in [4.69, 9.17) is 0 Å². The molecule has 2 aromatic heterocycles. The molecule has 4 nitrogen and oxygen atoms in total. The lowest BCUT2D eigenvalue weighted by atomic mass is 10.1. The molecule has 0 saturated carbocycles. The Bertz CT molecular complexity index is 652. The van der Waals surface area contributed by atoms with Gasteiger partial charge in [-0.3, -0.25) is 9.78 Å². The molecule has 0 aliphatic carbocycles. The number of carbonyl (C=O) groups is 1. The van der Waals surface area contributed by atoms with Crippen LogP contribution in [0.3, 0.4) is 0 Å². The minimum Gasteiger partial charge on any atom is -0.334 e. The van der Waals surface area contributed by atoms with Gasteiger partial charge in [-0.15, -0.1) is 11.3 Å². The van der Waals surface area contributed by atoms with Crippen molar-refractivity contribution < 1.29 is 4.79 Å². The second-order valence-corrected chi connectivity index (χ2v) is 7.69. The van der Waals surface area contributed by atoms with Crippen LogP contribution >= 0.6 is 11.3 Å². The van der Waals surface area contributed by atoms with Gasteiger partial charge >= 0.3 is 0 Å². The first kappa shape index (κ1) is 17.1. The zero-order valence-electron chi connectivity index (χ0n) is 14.4. The van der Waals surface area contributed by atoms with Crippen LogP contribution in [0.5, 0.6) is 0 Å². The molecule has 1 fully saturated rings. The minimum absolute atomic E-state index is 0.147. The number of nitrogens with zero attached hydrogens (tertiary/aromatic N) is 3. The molecule has 1 amide bonds. The summed E-state index contributed by atoms with van der Waals surface area (Å²) in [6, 6.07) is 8.52. The molecular formula is C19H25N3OS. The van der Waals surface area contributed by atoms with Gasteiger partial charge in [0.2, 0.25) is 5.91 Å². The average molecular weight is 343 g/mol. The van der Waals surface area contributed by atoms with Gasteiger partial charge in [0.1, 0.15) is 0 Å². The zero-order chi connectivity index (χ0) is 16.9. The maximum atomic E-state index is 12.6. The van der Waals surface area contributed by atoms with E-state index in [0.717, 1.165) is 38.0 Å². The van der Waals surface area contributed by atoms with Gasteiger partial charge in [-0.1, -0.05) is 12.1 Å². The Hall–Kier alpha value is -1.72. The van der Waals surface area contributed by atoms with Gasteiger partial charge in [0.15, 0.2) is 0 Å². The molecule has 0 spiro atoms. The molecule has 3 heterocycles. The van der Waals surface area contributed by atoms with Crippen LogP contribution in [0.2, 0.25) is 0 Å². The largest absolute Gasteiger partial charge is 0.334 e. The van der Waals surface area contributed by atoms with E-state index in [1.807, 2.05) is 17.2 Å². The normalized spacial score (nSPS) is 17.6. The first-order chi connectivity index (χ1) is 11.6. The van der Waals surface area contributed by atoms with E-state index in [9.17, 15) is 4.79 Å². The molecule has 2 aromatic rings. The number of likely N-dealkylation sites (tertiary alicyclic amines) is 1. The van der Waals surface area contributed by atoms with Gasteiger partial charge in [-0.05, 0) is 56.4 Å². The number of pyridine rings is 1. The lowest BCUT2D eigenvalue weighted by Crippen LogP contribution is -2.31. The molecule has 1 atom stereocenters. The standard InChI is InChI=1S/C19H25N3OS/c1-21(2)14-15-7-9-17(20-13-15)18-6-3-11-22(18)19(23)10-8-16-5-4-12-24-16/h4-5,7,9,12-13,18H,3,6,8,10-11,14H2,1-2H3/t18-/m1/s1. The number of hydrogen-bond acceptors (Lipinski definition) is 4. The molecular weight excluding hydrogens is 318 g/mol. The molecule has 1 aliphatic rings. The number of thiophene rings is 1. The predicted molar refractivity (Wildman–Crippen MR) is 98.0 cm³/mol. The van der Waals surface area contributed by atoms with Crippen molar-refractivity contribution in [2.45, 2.75) is 38.3 Å². The number of carbonyl (C=O) groups excluding carboxylic acids is 1. The van der Waals surface area contributed by atoms with Crippen molar-refractivity contribution in [1.82, 2.24) is 14.8 Å². The number of aromatic nitrogens is 1. The highest BCUT2D eigenvalue weighted by Crippen LogP contribution is 2.31. The Labute approximate surface area is 148 Å². The molecule has 0 bridgehead atoms. The summed E-state index contributed by atoms with van der Waals surface area (Å²) < 4.78 is 0. The van der Waals surface area contributed by atoms with E-state index in [1.54, 1.807) is 11.3 Å². The fraction of sp³-hybridized carbons (Fsp3) is 0.474. The zero-order valence-corrected chi connectivity index (χ0v) is 15.3. The molecule has 24 heavy (non-hydrogen) atoms. The lowest BCUT2D eigenvalue weighted by molar-refractivity contribution is -0.132. The number of amides is 1. The highest BCUT2D eigenvalue weighted by atomic mass is 32.1. The number of aryl methyl sites for hydroxylation is 1. The molecule has 0 aromatic carbocycles. The van der Waals surface area contributed by atoms with Crippen molar-refractivity contribution in [2.75, 3.05) is 20.6 Å². The summed E-state index contributed by atoms with van der Waals surface area (Å²) in [7, 11) is 4.11. The summed E-state index contributed by atoms with van der Waals surface area (Å²) in [6.07, 6.45) is 5.47. The first-order valence-corrected chi connectivity index (χ1v) is 9.43. The summed E-state index contributed by atoms with van der Waals surface area (Å²) in [5.41, 5.74) is 2.23. The molecule has 3 rings (SSSR count). The van der Waals surface area contributed by atoms with Gasteiger partial charge < -0.3 is 9.80 Å². The Kier molecular flexibility index (Phi) is 5.63. The predicted octanol–water partition coefficient (Wildman–Crippen LogP) is 3.50. The van der Waals surface area contributed by atoms with Gasteiger partial charge in [-0.25, -0.2) is 0 Å². The van der Waals surface area contributed by atoms with Gasteiger partial charge in [0.05, 0.1) is 11.7 Å². The first-order valence-electron chi connectivity index (χ1n) is 8.55. The van der Waals surface area contributed by atoms with Crippen molar-refractivity contribution in [2.24, 2.45) is 0 Å². The van der Waals surface area contributed by atoms with E-state index in [2.05, 4.69) is 47.6 Å².